The van der Waals surface area contributed by atoms with Crippen LogP contribution in [0.3, 0.4) is 0 Å². The Labute approximate surface area is 255 Å². The van der Waals surface area contributed by atoms with Crippen LogP contribution in [0.2, 0.25) is 0 Å². The fourth-order valence-electron chi connectivity index (χ4n) is 4.08. The van der Waals surface area contributed by atoms with Gasteiger partial charge in [0.25, 0.3) is 5.91 Å². The summed E-state index contributed by atoms with van der Waals surface area (Å²) in [7, 11) is 0. The Hall–Kier alpha value is -3.77. The molecule has 0 saturated heterocycles. The molecule has 44 heavy (non-hydrogen) atoms. The number of hydrogen-bond donors (Lipinski definition) is 6. The molecule has 18 heteroatoms. The van der Waals surface area contributed by atoms with Gasteiger partial charge in [-0.3, -0.25) is 24.0 Å². The van der Waals surface area contributed by atoms with Crippen molar-refractivity contribution in [2.45, 2.75) is 77.2 Å². The summed E-state index contributed by atoms with van der Waals surface area (Å²) in [6.07, 6.45) is 0.119. The smallest absolute Gasteiger partial charge is 0.391 e. The predicted molar refractivity (Wildman–Crippen MR) is 152 cm³/mol. The Morgan fingerprint density at radius 1 is 1.14 bits per heavy atom. The quantitative estimate of drug-likeness (QED) is 0.136. The number of primary amides is 1. The minimum Gasteiger partial charge on any atom is -0.391 e. The second-order valence-corrected chi connectivity index (χ2v) is 11.3. The number of nitrogens with one attached hydrogen (secondary N) is 4. The fraction of sp³-hybridized carbons (Fsp3) is 0.615. The van der Waals surface area contributed by atoms with Gasteiger partial charge in [0.2, 0.25) is 17.7 Å². The summed E-state index contributed by atoms with van der Waals surface area (Å²) in [5.74, 6) is -2.63. The molecule has 0 spiro atoms. The van der Waals surface area contributed by atoms with E-state index in [0.717, 1.165) is 0 Å². The summed E-state index contributed by atoms with van der Waals surface area (Å²) in [5.41, 5.74) is 3.71. The van der Waals surface area contributed by atoms with E-state index < -0.39 is 70.2 Å². The van der Waals surface area contributed by atoms with Gasteiger partial charge < -0.3 is 32.1 Å². The normalized spacial score (nSPS) is 14.7. The van der Waals surface area contributed by atoms with Crippen LogP contribution in [0.25, 0.3) is 0 Å². The van der Waals surface area contributed by atoms with Gasteiger partial charge >= 0.3 is 12.2 Å². The van der Waals surface area contributed by atoms with Crippen LogP contribution < -0.4 is 27.0 Å². The second-order valence-electron chi connectivity index (χ2n) is 10.2. The van der Waals surface area contributed by atoms with Gasteiger partial charge in [0.05, 0.1) is 18.1 Å². The number of anilines is 1. The average molecular weight is 650 g/mol. The zero-order valence-corrected chi connectivity index (χ0v) is 25.2. The van der Waals surface area contributed by atoms with Gasteiger partial charge in [-0.15, -0.1) is 0 Å². The van der Waals surface area contributed by atoms with Crippen LogP contribution in [0, 0.1) is 5.92 Å². The number of nitrogens with two attached hydrogens (primary N) is 1. The third kappa shape index (κ3) is 12.1. The molecule has 0 aromatic carbocycles. The van der Waals surface area contributed by atoms with Crippen molar-refractivity contribution in [1.29, 1.82) is 0 Å². The highest BCUT2D eigenvalue weighted by atomic mass is 32.1. The standard InChI is InChI=1S/C26H38F3N7O7S/c1-15(2)20(33-18(38)9-4-3-5-12-36-19(39)10-7-13-43-36)23(41)32-16(8-6-11-31-24(30)42)22(40)35-25-34-21(26(27,28)29)17(14-37)44-25/h7,10,15-16,20,37H,3-6,8-9,11-14H2,1-2H3,(H,32,41)(H,33,38)(H3,30,31,42)(H,34,35,40)/t16-,20-/m1/s1. The Bertz CT molecular complexity index is 1190. The van der Waals surface area contributed by atoms with Crippen molar-refractivity contribution >= 4 is 46.1 Å². The summed E-state index contributed by atoms with van der Waals surface area (Å²) in [6, 6.07) is -3.12. The molecule has 6 amide bonds. The van der Waals surface area contributed by atoms with Crippen molar-refractivity contribution in [1.82, 2.24) is 26.0 Å². The molecule has 2 heterocycles. The SMILES string of the molecule is CC(C)[C@@H](NC(=O)CCCCCN1OCC=CC1=O)C(=O)N[C@H](CCCNC(N)=O)C(=O)Nc1nc(C(F)(F)F)c(CO)s1. The number of alkyl halides is 3. The highest BCUT2D eigenvalue weighted by Crippen LogP contribution is 2.36. The van der Waals surface area contributed by atoms with E-state index in [4.69, 9.17) is 10.6 Å². The number of halogens is 3. The van der Waals surface area contributed by atoms with Crippen LogP contribution in [0.4, 0.5) is 23.1 Å². The zero-order valence-electron chi connectivity index (χ0n) is 24.4. The van der Waals surface area contributed by atoms with Crippen LogP contribution >= 0.6 is 11.3 Å². The lowest BCUT2D eigenvalue weighted by Gasteiger charge is -2.25. The first kappa shape index (κ1) is 36.4. The number of carbonyl (C=O) groups excluding carboxylic acids is 5. The maximum Gasteiger partial charge on any atom is 0.434 e. The molecule has 0 fully saturated rings. The molecule has 7 N–H and O–H groups in total. The molecule has 1 aliphatic heterocycles. The van der Waals surface area contributed by atoms with E-state index in [-0.39, 0.29) is 31.7 Å². The first-order valence-electron chi connectivity index (χ1n) is 14.0. The van der Waals surface area contributed by atoms with Crippen LogP contribution in [0.5, 0.6) is 0 Å². The number of hydroxylamine groups is 2. The lowest BCUT2D eigenvalue weighted by molar-refractivity contribution is -0.180. The number of unbranched alkanes of at least 4 members (excludes halogenated alkanes) is 2. The van der Waals surface area contributed by atoms with E-state index in [1.54, 1.807) is 19.9 Å². The molecule has 14 nitrogen and oxygen atoms in total. The number of rotatable bonds is 17. The zero-order chi connectivity index (χ0) is 32.9. The molecular weight excluding hydrogens is 611 g/mol. The van der Waals surface area contributed by atoms with E-state index in [1.165, 1.54) is 11.1 Å². The van der Waals surface area contributed by atoms with Crippen LogP contribution in [-0.2, 0) is 36.8 Å². The summed E-state index contributed by atoms with van der Waals surface area (Å²) in [4.78, 5) is 69.7. The molecule has 1 aliphatic rings. The molecule has 0 aliphatic carbocycles. The molecular formula is C26H38F3N7O7S. The third-order valence-corrected chi connectivity index (χ3v) is 7.26. The fourth-order valence-corrected chi connectivity index (χ4v) is 4.92. The number of aromatic nitrogens is 1. The van der Waals surface area contributed by atoms with Gasteiger partial charge in [0, 0.05) is 25.6 Å². The number of urea groups is 1. The maximum absolute atomic E-state index is 13.2. The maximum atomic E-state index is 13.2. The number of thiazole rings is 1. The molecule has 0 saturated carbocycles. The van der Waals surface area contributed by atoms with E-state index in [2.05, 4.69) is 26.3 Å². The minimum absolute atomic E-state index is 0.0417. The van der Waals surface area contributed by atoms with Gasteiger partial charge in [0.1, 0.15) is 12.1 Å². The number of aliphatic hydroxyl groups is 1. The second kappa shape index (κ2) is 17.5. The molecule has 2 rings (SSSR count). The van der Waals surface area contributed by atoms with E-state index in [1.807, 2.05) is 0 Å². The number of carbonyl (C=O) groups is 5. The van der Waals surface area contributed by atoms with Gasteiger partial charge in [-0.1, -0.05) is 37.7 Å². The van der Waals surface area contributed by atoms with Gasteiger partial charge in [-0.2, -0.15) is 13.2 Å². The van der Waals surface area contributed by atoms with Crippen molar-refractivity contribution < 1.29 is 47.1 Å². The van der Waals surface area contributed by atoms with Gasteiger partial charge in [-0.25, -0.2) is 14.8 Å². The third-order valence-electron chi connectivity index (χ3n) is 6.30. The first-order chi connectivity index (χ1) is 20.7. The summed E-state index contributed by atoms with van der Waals surface area (Å²) in [5, 5.41) is 19.9. The van der Waals surface area contributed by atoms with Crippen molar-refractivity contribution in [3.63, 3.8) is 0 Å². The van der Waals surface area contributed by atoms with Crippen LogP contribution in [-0.4, -0.2) is 76.6 Å². The summed E-state index contributed by atoms with van der Waals surface area (Å²) >= 11 is 0.436. The van der Waals surface area contributed by atoms with Crippen molar-refractivity contribution in [2.24, 2.45) is 11.7 Å². The van der Waals surface area contributed by atoms with Crippen LogP contribution in [0.15, 0.2) is 12.2 Å². The molecule has 2 atom stereocenters. The highest BCUT2D eigenvalue weighted by Gasteiger charge is 2.38. The van der Waals surface area contributed by atoms with E-state index >= 15 is 0 Å². The molecule has 0 bridgehead atoms. The Kier molecular flexibility index (Phi) is 14.5. The van der Waals surface area contributed by atoms with Crippen LogP contribution in [0.1, 0.15) is 62.9 Å². The summed E-state index contributed by atoms with van der Waals surface area (Å²) in [6.45, 7) is 3.17. The monoisotopic (exact) mass is 649 g/mol. The largest absolute Gasteiger partial charge is 0.434 e. The lowest BCUT2D eigenvalue weighted by Crippen LogP contribution is -2.54. The summed E-state index contributed by atoms with van der Waals surface area (Å²) < 4.78 is 39.7. The number of aliphatic hydroxyl groups excluding tert-OH is 1. The number of amides is 6. The topological polar surface area (TPSA) is 205 Å². The Balaban J connectivity index is 1.99. The lowest BCUT2D eigenvalue weighted by atomic mass is 10.0. The minimum atomic E-state index is -4.85. The van der Waals surface area contributed by atoms with Crippen molar-refractivity contribution in [2.75, 3.05) is 25.0 Å². The number of nitrogens with zero attached hydrogens (tertiary/aromatic N) is 2. The molecule has 1 aromatic heterocycles. The van der Waals surface area contributed by atoms with E-state index in [0.29, 0.717) is 43.8 Å². The van der Waals surface area contributed by atoms with Gasteiger partial charge in [-0.05, 0) is 31.6 Å². The predicted octanol–water partition coefficient (Wildman–Crippen LogP) is 1.56. The Morgan fingerprint density at radius 2 is 1.86 bits per heavy atom. The molecule has 0 unspecified atom stereocenters. The molecule has 246 valence electrons. The molecule has 1 aromatic rings. The molecule has 0 radical (unpaired) electrons. The first-order valence-corrected chi connectivity index (χ1v) is 14.8. The van der Waals surface area contributed by atoms with Crippen molar-refractivity contribution in [3.8, 4) is 0 Å². The highest BCUT2D eigenvalue weighted by molar-refractivity contribution is 7.15. The average Bonchev–Trinajstić information content (AvgIpc) is 3.37. The van der Waals surface area contributed by atoms with Gasteiger partial charge in [0.15, 0.2) is 10.8 Å². The van der Waals surface area contributed by atoms with Crippen molar-refractivity contribution in [3.05, 3.63) is 22.7 Å². The number of hydrogen-bond acceptors (Lipinski definition) is 9. The Morgan fingerprint density at radius 3 is 2.45 bits per heavy atom. The van der Waals surface area contributed by atoms with E-state index in [9.17, 15) is 42.3 Å².